The van der Waals surface area contributed by atoms with Crippen LogP contribution >= 0.6 is 54.5 Å². The summed E-state index contributed by atoms with van der Waals surface area (Å²) in [5.74, 6) is -0.0339. The van der Waals surface area contributed by atoms with E-state index in [1.807, 2.05) is 5.38 Å². The predicted molar refractivity (Wildman–Crippen MR) is 98.7 cm³/mol. The molecule has 2 aromatic heterocycles. The maximum absolute atomic E-state index is 12.9. The number of hydrogen-bond donors (Lipinski definition) is 0. The van der Waals surface area contributed by atoms with Gasteiger partial charge in [0, 0.05) is 5.56 Å². The van der Waals surface area contributed by atoms with E-state index in [0.29, 0.717) is 21.6 Å². The van der Waals surface area contributed by atoms with Gasteiger partial charge in [-0.1, -0.05) is 26.2 Å². The molecule has 6 heteroatoms. The summed E-state index contributed by atoms with van der Waals surface area (Å²) in [7, 11) is 0. The Morgan fingerprint density at radius 3 is 2.32 bits per heavy atom. The molecule has 0 unspecified atom stereocenters. The number of aryl methyl sites for hydroxylation is 1. The zero-order valence-corrected chi connectivity index (χ0v) is 16.8. The smallest absolute Gasteiger partial charge is 0.206 e. The Kier molecular flexibility index (Phi) is 5.02. The number of halogens is 2. The number of carbonyl (C=O) groups excluding carboxylic acids is 2. The average Bonchev–Trinajstić information content (AvgIpc) is 3.03. The second kappa shape index (κ2) is 6.67. The van der Waals surface area contributed by atoms with Crippen LogP contribution < -0.4 is 0 Å². The van der Waals surface area contributed by atoms with E-state index >= 15 is 0 Å². The van der Waals surface area contributed by atoms with Crippen LogP contribution in [0.3, 0.4) is 0 Å². The second-order valence-corrected chi connectivity index (χ2v) is 9.87. The van der Waals surface area contributed by atoms with Crippen LogP contribution in [0.4, 0.5) is 0 Å². The van der Waals surface area contributed by atoms with Gasteiger partial charge in [0.15, 0.2) is 5.78 Å². The fourth-order valence-electron chi connectivity index (χ4n) is 2.76. The highest BCUT2D eigenvalue weighted by atomic mass is 79.9. The van der Waals surface area contributed by atoms with E-state index in [0.717, 1.165) is 26.0 Å². The molecule has 0 saturated heterocycles. The predicted octanol–water partition coefficient (Wildman–Crippen LogP) is 6.23. The highest BCUT2D eigenvalue weighted by molar-refractivity contribution is 9.12. The van der Waals surface area contributed by atoms with Gasteiger partial charge in [0.2, 0.25) is 5.78 Å². The van der Waals surface area contributed by atoms with E-state index in [9.17, 15) is 9.59 Å². The molecule has 0 bridgehead atoms. The standard InChI is InChI=1S/C16H14Br2O2S2/c1-2-3-4-5-6-8-7-21-14-9(8)12(19)10-11(13(14)20)16(18)22-15(10)17/h7H,2-6H2,1H3. The molecule has 0 aliphatic heterocycles. The Balaban J connectivity index is 1.97. The van der Waals surface area contributed by atoms with Crippen molar-refractivity contribution in [3.8, 4) is 0 Å². The van der Waals surface area contributed by atoms with Gasteiger partial charge in [0.05, 0.1) is 23.6 Å². The van der Waals surface area contributed by atoms with Crippen molar-refractivity contribution in [2.75, 3.05) is 0 Å². The van der Waals surface area contributed by atoms with Crippen molar-refractivity contribution >= 4 is 66.1 Å². The Labute approximate surface area is 154 Å². The lowest BCUT2D eigenvalue weighted by molar-refractivity contribution is 0.0981. The SMILES string of the molecule is CCCCCCc1csc2c1C(=O)c1c(Br)sc(Br)c1C2=O. The van der Waals surface area contributed by atoms with Crippen molar-refractivity contribution < 1.29 is 9.59 Å². The van der Waals surface area contributed by atoms with Crippen molar-refractivity contribution in [2.45, 2.75) is 39.0 Å². The van der Waals surface area contributed by atoms with Crippen LogP contribution in [0.15, 0.2) is 13.0 Å². The van der Waals surface area contributed by atoms with E-state index in [2.05, 4.69) is 38.8 Å². The number of hydrogen-bond acceptors (Lipinski definition) is 4. The normalized spacial score (nSPS) is 13.4. The van der Waals surface area contributed by atoms with Gasteiger partial charge in [-0.05, 0) is 55.6 Å². The minimum atomic E-state index is -0.0248. The van der Waals surface area contributed by atoms with Gasteiger partial charge in [-0.2, -0.15) is 0 Å². The lowest BCUT2D eigenvalue weighted by atomic mass is 9.89. The molecular weight excluding hydrogens is 448 g/mol. The first-order chi connectivity index (χ1) is 10.6. The number of ketones is 2. The number of carbonyl (C=O) groups is 2. The largest absolute Gasteiger partial charge is 0.288 e. The lowest BCUT2D eigenvalue weighted by Crippen LogP contribution is -2.19. The summed E-state index contributed by atoms with van der Waals surface area (Å²) < 4.78 is 1.47. The van der Waals surface area contributed by atoms with Crippen molar-refractivity contribution in [1.29, 1.82) is 0 Å². The van der Waals surface area contributed by atoms with Gasteiger partial charge in [-0.15, -0.1) is 22.7 Å². The minimum Gasteiger partial charge on any atom is -0.288 e. The molecule has 116 valence electrons. The number of thiophene rings is 2. The quantitative estimate of drug-likeness (QED) is 0.422. The summed E-state index contributed by atoms with van der Waals surface area (Å²) in [6.07, 6.45) is 5.52. The van der Waals surface area contributed by atoms with Crippen molar-refractivity contribution in [2.24, 2.45) is 0 Å². The van der Waals surface area contributed by atoms with Crippen LogP contribution in [-0.2, 0) is 6.42 Å². The summed E-state index contributed by atoms with van der Waals surface area (Å²) in [5, 5.41) is 1.99. The first-order valence-corrected chi connectivity index (χ1v) is 10.5. The van der Waals surface area contributed by atoms with Crippen LogP contribution in [0.5, 0.6) is 0 Å². The Morgan fingerprint density at radius 2 is 1.64 bits per heavy atom. The molecule has 2 heterocycles. The van der Waals surface area contributed by atoms with E-state index in [-0.39, 0.29) is 11.6 Å². The zero-order chi connectivity index (χ0) is 15.9. The molecule has 0 aromatic carbocycles. The summed E-state index contributed by atoms with van der Waals surface area (Å²) in [5.41, 5.74) is 2.73. The van der Waals surface area contributed by atoms with Crippen LogP contribution in [0.25, 0.3) is 0 Å². The highest BCUT2D eigenvalue weighted by Gasteiger charge is 2.37. The van der Waals surface area contributed by atoms with E-state index < -0.39 is 0 Å². The van der Waals surface area contributed by atoms with Crippen LogP contribution in [0.1, 0.15) is 69.3 Å². The molecule has 2 nitrogen and oxygen atoms in total. The molecule has 1 aliphatic carbocycles. The van der Waals surface area contributed by atoms with Crippen molar-refractivity contribution in [3.63, 3.8) is 0 Å². The second-order valence-electron chi connectivity index (χ2n) is 5.33. The van der Waals surface area contributed by atoms with Crippen LogP contribution in [0, 0.1) is 0 Å². The van der Waals surface area contributed by atoms with E-state index in [4.69, 9.17) is 0 Å². The third-order valence-electron chi connectivity index (χ3n) is 3.88. The summed E-state index contributed by atoms with van der Waals surface area (Å²) >= 11 is 9.64. The van der Waals surface area contributed by atoms with Gasteiger partial charge in [0.25, 0.3) is 0 Å². The third-order valence-corrected chi connectivity index (χ3v) is 7.44. The van der Waals surface area contributed by atoms with Crippen LogP contribution in [0.2, 0.25) is 0 Å². The Hall–Kier alpha value is -0.300. The van der Waals surface area contributed by atoms with Gasteiger partial charge >= 0.3 is 0 Å². The molecule has 0 fully saturated rings. The molecule has 3 rings (SSSR count). The Morgan fingerprint density at radius 1 is 0.955 bits per heavy atom. The summed E-state index contributed by atoms with van der Waals surface area (Å²) in [4.78, 5) is 26.2. The number of unbranched alkanes of at least 4 members (excludes halogenated alkanes) is 3. The average molecular weight is 462 g/mol. The zero-order valence-electron chi connectivity index (χ0n) is 12.0. The van der Waals surface area contributed by atoms with Crippen molar-refractivity contribution in [1.82, 2.24) is 0 Å². The summed E-state index contributed by atoms with van der Waals surface area (Å²) in [6, 6.07) is 0. The fourth-order valence-corrected chi connectivity index (χ4v) is 6.93. The maximum Gasteiger partial charge on any atom is 0.206 e. The monoisotopic (exact) mass is 460 g/mol. The molecule has 0 amide bonds. The molecule has 22 heavy (non-hydrogen) atoms. The summed E-state index contributed by atoms with van der Waals surface area (Å²) in [6.45, 7) is 2.18. The van der Waals surface area contributed by atoms with Gasteiger partial charge in [0.1, 0.15) is 0 Å². The topological polar surface area (TPSA) is 34.1 Å². The molecule has 2 aromatic rings. The van der Waals surface area contributed by atoms with Gasteiger partial charge < -0.3 is 0 Å². The third kappa shape index (κ3) is 2.68. The van der Waals surface area contributed by atoms with E-state index in [1.165, 1.54) is 41.9 Å². The van der Waals surface area contributed by atoms with E-state index in [1.54, 1.807) is 0 Å². The van der Waals surface area contributed by atoms with Gasteiger partial charge in [-0.25, -0.2) is 0 Å². The first-order valence-electron chi connectivity index (χ1n) is 7.23. The van der Waals surface area contributed by atoms with Gasteiger partial charge in [-0.3, -0.25) is 9.59 Å². The molecule has 0 radical (unpaired) electrons. The fraction of sp³-hybridized carbons (Fsp3) is 0.375. The molecule has 0 saturated carbocycles. The maximum atomic E-state index is 12.9. The molecule has 1 aliphatic rings. The minimum absolute atomic E-state index is 0.00911. The molecule has 0 spiro atoms. The van der Waals surface area contributed by atoms with Crippen molar-refractivity contribution in [3.05, 3.63) is 40.1 Å². The molecular formula is C16H14Br2O2S2. The Bertz CT molecular complexity index is 759. The molecule has 0 atom stereocenters. The highest BCUT2D eigenvalue weighted by Crippen LogP contribution is 2.44. The number of rotatable bonds is 5. The lowest BCUT2D eigenvalue weighted by Gasteiger charge is -2.13. The number of fused-ring (bicyclic) bond motifs is 2. The molecule has 0 N–H and O–H groups in total. The first kappa shape index (κ1) is 16.6. The van der Waals surface area contributed by atoms with Crippen LogP contribution in [-0.4, -0.2) is 11.6 Å².